The zero-order valence-electron chi connectivity index (χ0n) is 30.8. The summed E-state index contributed by atoms with van der Waals surface area (Å²) in [6, 6.07) is 72.0. The van der Waals surface area contributed by atoms with E-state index in [2.05, 4.69) is 199 Å². The molecule has 4 nitrogen and oxygen atoms in total. The van der Waals surface area contributed by atoms with Gasteiger partial charge in [0, 0.05) is 0 Å². The van der Waals surface area contributed by atoms with Crippen molar-refractivity contribution in [3.05, 3.63) is 200 Å². The Morgan fingerprint density at radius 2 is 1.12 bits per heavy atom. The topological polar surface area (TPSA) is 43.9 Å². The van der Waals surface area contributed by atoms with Gasteiger partial charge in [-0.1, -0.05) is 18.2 Å². The quantitative estimate of drug-likeness (QED) is 0.163. The molecule has 1 aliphatic rings. The fraction of sp³-hybridized carbons (Fsp3) is 0. The van der Waals surface area contributed by atoms with Gasteiger partial charge in [0.05, 0.1) is 0 Å². The second-order valence-electron chi connectivity index (χ2n) is 14.9. The van der Waals surface area contributed by atoms with E-state index in [9.17, 15) is 0 Å². The van der Waals surface area contributed by atoms with Crippen LogP contribution in [0.25, 0.3) is 83.2 Å². The predicted octanol–water partition coefficient (Wildman–Crippen LogP) is 10.2. The van der Waals surface area contributed by atoms with Crippen molar-refractivity contribution in [1.82, 2.24) is 14.5 Å². The number of hydrogen-bond donors (Lipinski definition) is 0. The first-order valence-corrected chi connectivity index (χ1v) is 23.6. The molecule has 0 amide bonds. The molecule has 11 aromatic rings. The van der Waals surface area contributed by atoms with Crippen molar-refractivity contribution in [3.8, 4) is 39.5 Å². The third-order valence-electron chi connectivity index (χ3n) is 11.9. The Morgan fingerprint density at radius 1 is 0.474 bits per heavy atom. The van der Waals surface area contributed by atoms with E-state index in [0.717, 1.165) is 77.6 Å². The van der Waals surface area contributed by atoms with Crippen LogP contribution in [0.2, 0.25) is 0 Å². The summed E-state index contributed by atoms with van der Waals surface area (Å²) in [4.78, 5) is 11.3. The number of aromatic nitrogens is 3. The molecule has 0 unspecified atom stereocenters. The number of fused-ring (bicyclic) bond motifs is 10. The Kier molecular flexibility index (Phi) is 7.07. The van der Waals surface area contributed by atoms with E-state index in [1.807, 2.05) is 6.07 Å². The van der Waals surface area contributed by atoms with Crippen LogP contribution in [0.4, 0.5) is 0 Å². The summed E-state index contributed by atoms with van der Waals surface area (Å²) >= 11 is -3.68. The Morgan fingerprint density at radius 3 is 1.91 bits per heavy atom. The number of hydrogen-bond acceptors (Lipinski definition) is 3. The monoisotopic (exact) mass is 789 g/mol. The molecule has 0 saturated carbocycles. The first-order valence-electron chi connectivity index (χ1n) is 19.4. The molecule has 4 heterocycles. The Balaban J connectivity index is 1.14. The molecule has 0 aliphatic carbocycles. The van der Waals surface area contributed by atoms with Crippen LogP contribution < -0.4 is 17.7 Å². The number of para-hydroxylation sites is 2. The fourth-order valence-corrected chi connectivity index (χ4v) is 20.0. The molecular weight excluding hydrogens is 755 g/mol. The molecule has 5 heteroatoms. The van der Waals surface area contributed by atoms with Crippen LogP contribution >= 0.6 is 0 Å². The van der Waals surface area contributed by atoms with E-state index in [1.54, 1.807) is 0 Å². The third kappa shape index (κ3) is 4.62. The SMILES string of the molecule is c1ccc(-c2nc(-c3cccc(-n4c5ccccc5c5c6oc7ccccc7c6ccc54)c3)n[c]3c2-c2cccc[c]2[Ge]3([c]2ccccc2)[c]2ccccc2)cc1. The first kappa shape index (κ1) is 32.2. The van der Waals surface area contributed by atoms with Crippen molar-refractivity contribution in [1.29, 1.82) is 0 Å². The van der Waals surface area contributed by atoms with Crippen molar-refractivity contribution in [2.75, 3.05) is 0 Å². The predicted molar refractivity (Wildman–Crippen MR) is 237 cm³/mol. The summed E-state index contributed by atoms with van der Waals surface area (Å²) in [5.41, 5.74) is 10.5. The molecule has 0 atom stereocenters. The van der Waals surface area contributed by atoms with Gasteiger partial charge in [0.2, 0.25) is 0 Å². The molecule has 266 valence electrons. The molecule has 0 spiro atoms. The third-order valence-corrected chi connectivity index (χ3v) is 21.8. The van der Waals surface area contributed by atoms with E-state index in [1.165, 1.54) is 23.3 Å². The van der Waals surface area contributed by atoms with Crippen LogP contribution in [0, 0.1) is 0 Å². The van der Waals surface area contributed by atoms with Crippen LogP contribution in [0.5, 0.6) is 0 Å². The van der Waals surface area contributed by atoms with E-state index >= 15 is 0 Å². The fourth-order valence-electron chi connectivity index (χ4n) is 9.50. The van der Waals surface area contributed by atoms with Gasteiger partial charge >= 0.3 is 309 Å². The minimum absolute atomic E-state index is 0.726. The van der Waals surface area contributed by atoms with E-state index in [0.29, 0.717) is 0 Å². The van der Waals surface area contributed by atoms with Crippen molar-refractivity contribution in [2.45, 2.75) is 0 Å². The molecule has 3 aromatic heterocycles. The molecule has 0 saturated heterocycles. The van der Waals surface area contributed by atoms with Gasteiger partial charge in [0.1, 0.15) is 0 Å². The van der Waals surface area contributed by atoms with Gasteiger partial charge in [-0.2, -0.15) is 0 Å². The van der Waals surface area contributed by atoms with E-state index in [-0.39, 0.29) is 0 Å². The molecule has 8 aromatic carbocycles. The van der Waals surface area contributed by atoms with Crippen molar-refractivity contribution >= 4 is 74.7 Å². The van der Waals surface area contributed by atoms with Crippen LogP contribution in [0.1, 0.15) is 0 Å². The van der Waals surface area contributed by atoms with Crippen molar-refractivity contribution < 1.29 is 4.42 Å². The summed E-state index contributed by atoms with van der Waals surface area (Å²) in [6.45, 7) is 0. The van der Waals surface area contributed by atoms with Gasteiger partial charge in [-0.3, -0.25) is 0 Å². The summed E-state index contributed by atoms with van der Waals surface area (Å²) in [6.07, 6.45) is 0. The Hall–Kier alpha value is -7.02. The summed E-state index contributed by atoms with van der Waals surface area (Å²) in [7, 11) is 0. The Labute approximate surface area is 331 Å². The molecule has 12 rings (SSSR count). The van der Waals surface area contributed by atoms with Crippen LogP contribution in [0.15, 0.2) is 205 Å². The molecule has 0 radical (unpaired) electrons. The number of benzene rings is 8. The number of furan rings is 1. The molecule has 0 bridgehead atoms. The second-order valence-corrected chi connectivity index (χ2v) is 22.5. The average molecular weight is 788 g/mol. The van der Waals surface area contributed by atoms with E-state index < -0.39 is 13.3 Å². The second kappa shape index (κ2) is 12.5. The maximum absolute atomic E-state index is 6.60. The van der Waals surface area contributed by atoms with E-state index in [4.69, 9.17) is 14.4 Å². The number of rotatable bonds is 5. The summed E-state index contributed by atoms with van der Waals surface area (Å²) in [5, 5.41) is 4.53. The van der Waals surface area contributed by atoms with Gasteiger partial charge in [0.15, 0.2) is 0 Å². The molecule has 1 aliphatic heterocycles. The summed E-state index contributed by atoms with van der Waals surface area (Å²) < 4.78 is 14.2. The minimum atomic E-state index is -3.68. The van der Waals surface area contributed by atoms with Gasteiger partial charge in [-0.15, -0.1) is 0 Å². The van der Waals surface area contributed by atoms with Crippen LogP contribution in [0.3, 0.4) is 0 Å². The molecule has 0 fully saturated rings. The standard InChI is InChI=1S/C52H33GeN3O/c1-4-17-34(18-5-1)49-48-41-26-10-13-28-43(41)53(36-20-6-2-7-21-36,37-22-8-3-9-23-37)51(48)55-52(54-49)35-19-16-24-38(33-35)56-44-29-14-11-27-42(44)47-45(56)32-31-40-39-25-12-15-30-46(39)57-50(40)47/h1-33H. The van der Waals surface area contributed by atoms with Crippen molar-refractivity contribution in [3.63, 3.8) is 0 Å². The zero-order valence-corrected chi connectivity index (χ0v) is 32.9. The van der Waals surface area contributed by atoms with Crippen molar-refractivity contribution in [2.24, 2.45) is 0 Å². The van der Waals surface area contributed by atoms with Gasteiger partial charge < -0.3 is 0 Å². The van der Waals surface area contributed by atoms with Gasteiger partial charge in [-0.25, -0.2) is 0 Å². The van der Waals surface area contributed by atoms with Gasteiger partial charge in [0.25, 0.3) is 0 Å². The van der Waals surface area contributed by atoms with Crippen LogP contribution in [-0.2, 0) is 0 Å². The van der Waals surface area contributed by atoms with Crippen LogP contribution in [-0.4, -0.2) is 27.8 Å². The first-order chi connectivity index (χ1) is 28.3. The summed E-state index contributed by atoms with van der Waals surface area (Å²) in [5.74, 6) is 0.726. The number of nitrogens with zero attached hydrogens (tertiary/aromatic N) is 3. The normalized spacial score (nSPS) is 13.1. The molecule has 0 N–H and O–H groups in total. The van der Waals surface area contributed by atoms with Gasteiger partial charge in [-0.05, 0) is 6.07 Å². The average Bonchev–Trinajstić information content (AvgIpc) is 3.93. The Bertz CT molecular complexity index is 3310. The zero-order chi connectivity index (χ0) is 37.5. The maximum atomic E-state index is 6.60. The molecule has 57 heavy (non-hydrogen) atoms. The molecular formula is C52H33GeN3O.